The lowest BCUT2D eigenvalue weighted by molar-refractivity contribution is 0.371. The fourth-order valence-corrected chi connectivity index (χ4v) is 2.86. The molecule has 102 valence electrons. The van der Waals surface area contributed by atoms with Gasteiger partial charge in [-0.05, 0) is 45.1 Å². The van der Waals surface area contributed by atoms with Crippen molar-refractivity contribution in [2.45, 2.75) is 70.5 Å². The van der Waals surface area contributed by atoms with E-state index in [-0.39, 0.29) is 0 Å². The van der Waals surface area contributed by atoms with Crippen LogP contribution in [0.1, 0.15) is 50.9 Å². The highest BCUT2D eigenvalue weighted by molar-refractivity contribution is 6.20. The van der Waals surface area contributed by atoms with E-state index in [0.29, 0.717) is 11.4 Å². The van der Waals surface area contributed by atoms with Crippen LogP contribution in [0.4, 0.5) is 0 Å². The van der Waals surface area contributed by atoms with Crippen LogP contribution in [0.5, 0.6) is 0 Å². The van der Waals surface area contributed by atoms with Gasteiger partial charge in [-0.25, -0.2) is 0 Å². The summed E-state index contributed by atoms with van der Waals surface area (Å²) in [6.45, 7) is 6.18. The molecule has 0 saturated heterocycles. The molecule has 3 nitrogen and oxygen atoms in total. The molecule has 2 rings (SSSR count). The monoisotopic (exact) mass is 269 g/mol. The maximum atomic E-state index is 6.13. The molecule has 1 fully saturated rings. The number of rotatable bonds is 5. The van der Waals surface area contributed by atoms with Crippen LogP contribution < -0.4 is 5.32 Å². The van der Waals surface area contributed by atoms with Gasteiger partial charge in [0.25, 0.3) is 0 Å². The Labute approximate surface area is 115 Å². The lowest BCUT2D eigenvalue weighted by Gasteiger charge is -2.26. The highest BCUT2D eigenvalue weighted by Gasteiger charge is 2.19. The first-order valence-corrected chi connectivity index (χ1v) is 7.59. The molecule has 0 spiro atoms. The molecule has 1 aromatic heterocycles. The molecule has 0 unspecified atom stereocenters. The van der Waals surface area contributed by atoms with Gasteiger partial charge in [0, 0.05) is 24.5 Å². The van der Waals surface area contributed by atoms with Crippen molar-refractivity contribution in [1.82, 2.24) is 15.1 Å². The van der Waals surface area contributed by atoms with Gasteiger partial charge in [-0.15, -0.1) is 11.6 Å². The Bertz CT molecular complexity index is 367. The van der Waals surface area contributed by atoms with E-state index in [4.69, 9.17) is 11.6 Å². The maximum absolute atomic E-state index is 6.13. The molecule has 1 aromatic rings. The third-order valence-electron chi connectivity index (χ3n) is 3.80. The van der Waals surface area contributed by atoms with E-state index in [1.165, 1.54) is 24.2 Å². The number of aryl methyl sites for hydroxylation is 2. The second-order valence-corrected chi connectivity index (χ2v) is 5.74. The summed E-state index contributed by atoms with van der Waals surface area (Å²) in [5.41, 5.74) is 2.50. The van der Waals surface area contributed by atoms with Crippen molar-refractivity contribution in [3.8, 4) is 0 Å². The third-order valence-corrected chi connectivity index (χ3v) is 4.24. The molecule has 4 heteroatoms. The van der Waals surface area contributed by atoms with Gasteiger partial charge in [0.15, 0.2) is 0 Å². The average Bonchev–Trinajstić information content (AvgIpc) is 2.80. The Kier molecular flexibility index (Phi) is 5.07. The Morgan fingerprint density at radius 1 is 1.33 bits per heavy atom. The number of alkyl halides is 1. The van der Waals surface area contributed by atoms with E-state index in [1.807, 2.05) is 0 Å². The van der Waals surface area contributed by atoms with Gasteiger partial charge in [-0.3, -0.25) is 4.68 Å². The Hall–Kier alpha value is -0.540. The molecule has 0 radical (unpaired) electrons. The van der Waals surface area contributed by atoms with Crippen molar-refractivity contribution >= 4 is 11.6 Å². The molecule has 18 heavy (non-hydrogen) atoms. The molecule has 1 N–H and O–H groups in total. The number of hydrogen-bond acceptors (Lipinski definition) is 2. The van der Waals surface area contributed by atoms with E-state index in [9.17, 15) is 0 Å². The van der Waals surface area contributed by atoms with E-state index >= 15 is 0 Å². The quantitative estimate of drug-likeness (QED) is 0.833. The average molecular weight is 270 g/mol. The van der Waals surface area contributed by atoms with Crippen LogP contribution in [0.2, 0.25) is 0 Å². The third kappa shape index (κ3) is 3.48. The van der Waals surface area contributed by atoms with Gasteiger partial charge in [-0.2, -0.15) is 5.10 Å². The van der Waals surface area contributed by atoms with E-state index in [2.05, 4.69) is 35.0 Å². The van der Waals surface area contributed by atoms with Crippen LogP contribution in [0.25, 0.3) is 0 Å². The van der Waals surface area contributed by atoms with Crippen LogP contribution in [0.15, 0.2) is 6.07 Å². The number of hydrogen-bond donors (Lipinski definition) is 1. The minimum Gasteiger partial charge on any atom is -0.308 e. The predicted octanol–water partition coefficient (Wildman–Crippen LogP) is 3.11. The van der Waals surface area contributed by atoms with E-state index < -0.39 is 0 Å². The molecule has 1 aliphatic rings. The minimum absolute atomic E-state index is 0.399. The normalized spacial score (nSPS) is 24.4. The second kappa shape index (κ2) is 6.58. The molecule has 0 aliphatic heterocycles. The first-order valence-electron chi connectivity index (χ1n) is 7.16. The van der Waals surface area contributed by atoms with Crippen molar-refractivity contribution in [1.29, 1.82) is 0 Å². The maximum Gasteiger partial charge on any atom is 0.0625 e. The van der Waals surface area contributed by atoms with Crippen molar-refractivity contribution < 1.29 is 0 Å². The molecule has 1 saturated carbocycles. The summed E-state index contributed by atoms with van der Waals surface area (Å²) in [5.74, 6) is 0. The summed E-state index contributed by atoms with van der Waals surface area (Å²) in [6.07, 6.45) is 5.71. The summed E-state index contributed by atoms with van der Waals surface area (Å²) in [6, 6.07) is 2.86. The summed E-state index contributed by atoms with van der Waals surface area (Å²) >= 11 is 6.13. The lowest BCUT2D eigenvalue weighted by Crippen LogP contribution is -2.33. The number of nitrogens with zero attached hydrogens (tertiary/aromatic N) is 2. The number of nitrogens with one attached hydrogen (secondary N) is 1. The van der Waals surface area contributed by atoms with Gasteiger partial charge >= 0.3 is 0 Å². The first-order chi connectivity index (χ1) is 8.72. The van der Waals surface area contributed by atoms with Gasteiger partial charge in [0.05, 0.1) is 11.4 Å². The molecular weight excluding hydrogens is 246 g/mol. The van der Waals surface area contributed by atoms with Crippen LogP contribution in [0, 0.1) is 0 Å². The zero-order valence-electron chi connectivity index (χ0n) is 11.5. The standard InChI is InChI=1S/C14H24ClN3/c1-3-12-9-14(18(4-2)17-12)10-16-13-7-5-11(15)6-8-13/h9,11,13,16H,3-8,10H2,1-2H3. The molecule has 0 atom stereocenters. The number of aromatic nitrogens is 2. The Morgan fingerprint density at radius 3 is 2.67 bits per heavy atom. The second-order valence-electron chi connectivity index (χ2n) is 5.13. The summed E-state index contributed by atoms with van der Waals surface area (Å²) in [5, 5.41) is 8.63. The smallest absolute Gasteiger partial charge is 0.0625 e. The van der Waals surface area contributed by atoms with Gasteiger partial charge in [-0.1, -0.05) is 6.92 Å². The van der Waals surface area contributed by atoms with Gasteiger partial charge in [0.2, 0.25) is 0 Å². The molecule has 1 aliphatic carbocycles. The molecule has 0 bridgehead atoms. The highest BCUT2D eigenvalue weighted by atomic mass is 35.5. The zero-order chi connectivity index (χ0) is 13.0. The predicted molar refractivity (Wildman–Crippen MR) is 76.0 cm³/mol. The van der Waals surface area contributed by atoms with Crippen LogP contribution in [-0.4, -0.2) is 21.2 Å². The fraction of sp³-hybridized carbons (Fsp3) is 0.786. The lowest BCUT2D eigenvalue weighted by atomic mass is 9.95. The first kappa shape index (κ1) is 13.9. The topological polar surface area (TPSA) is 29.9 Å². The van der Waals surface area contributed by atoms with Crippen molar-refractivity contribution in [2.75, 3.05) is 0 Å². The van der Waals surface area contributed by atoms with Crippen molar-refractivity contribution in [2.24, 2.45) is 0 Å². The van der Waals surface area contributed by atoms with Crippen LogP contribution in [0.3, 0.4) is 0 Å². The number of halogens is 1. The molecule has 0 amide bonds. The molecule has 0 aromatic carbocycles. The largest absolute Gasteiger partial charge is 0.308 e. The van der Waals surface area contributed by atoms with Crippen molar-refractivity contribution in [3.05, 3.63) is 17.5 Å². The SMILES string of the molecule is CCc1cc(CNC2CCC(Cl)CC2)n(CC)n1. The van der Waals surface area contributed by atoms with Gasteiger partial charge < -0.3 is 5.32 Å². The molecule has 1 heterocycles. The molecular formula is C14H24ClN3. The highest BCUT2D eigenvalue weighted by Crippen LogP contribution is 2.23. The van der Waals surface area contributed by atoms with E-state index in [1.54, 1.807) is 0 Å². The van der Waals surface area contributed by atoms with Gasteiger partial charge in [0.1, 0.15) is 0 Å². The fourth-order valence-electron chi connectivity index (χ4n) is 2.61. The zero-order valence-corrected chi connectivity index (χ0v) is 12.2. The van der Waals surface area contributed by atoms with Crippen LogP contribution >= 0.6 is 11.6 Å². The minimum atomic E-state index is 0.399. The van der Waals surface area contributed by atoms with E-state index in [0.717, 1.165) is 32.4 Å². The summed E-state index contributed by atoms with van der Waals surface area (Å²) in [4.78, 5) is 0. The van der Waals surface area contributed by atoms with Crippen molar-refractivity contribution in [3.63, 3.8) is 0 Å². The summed E-state index contributed by atoms with van der Waals surface area (Å²) < 4.78 is 2.11. The van der Waals surface area contributed by atoms with Crippen LogP contribution in [-0.2, 0) is 19.5 Å². The summed E-state index contributed by atoms with van der Waals surface area (Å²) in [7, 11) is 0. The Morgan fingerprint density at radius 2 is 2.06 bits per heavy atom. The Balaban J connectivity index is 1.87.